The van der Waals surface area contributed by atoms with Crippen molar-refractivity contribution < 1.29 is 0 Å². The van der Waals surface area contributed by atoms with Crippen molar-refractivity contribution in [1.29, 1.82) is 0 Å². The van der Waals surface area contributed by atoms with Crippen LogP contribution in [0.5, 0.6) is 0 Å². The minimum Gasteiger partial charge on any atom is -0.330 e. The van der Waals surface area contributed by atoms with E-state index >= 15 is 0 Å². The molecule has 0 fully saturated rings. The van der Waals surface area contributed by atoms with Crippen LogP contribution in [0.3, 0.4) is 0 Å². The Morgan fingerprint density at radius 2 is 1.76 bits per heavy atom. The molecule has 0 unspecified atom stereocenters. The molecule has 2 nitrogen and oxygen atoms in total. The van der Waals surface area contributed by atoms with Crippen LogP contribution in [0, 0.1) is 13.8 Å². The van der Waals surface area contributed by atoms with Gasteiger partial charge in [-0.25, -0.2) is 0 Å². The summed E-state index contributed by atoms with van der Waals surface area (Å²) >= 11 is 0. The molecule has 0 aliphatic rings. The van der Waals surface area contributed by atoms with Crippen molar-refractivity contribution >= 4 is 0 Å². The van der Waals surface area contributed by atoms with E-state index in [1.165, 1.54) is 22.3 Å². The predicted octanol–water partition coefficient (Wildman–Crippen LogP) is 2.87. The van der Waals surface area contributed by atoms with Gasteiger partial charge in [-0.2, -0.15) is 0 Å². The maximum absolute atomic E-state index is 5.52. The molecule has 0 saturated heterocycles. The fourth-order valence-electron chi connectivity index (χ4n) is 2.03. The second-order valence-corrected chi connectivity index (χ2v) is 4.47. The number of nitrogens with two attached hydrogens (primary N) is 1. The van der Waals surface area contributed by atoms with Crippen molar-refractivity contribution in [3.05, 3.63) is 53.2 Å². The van der Waals surface area contributed by atoms with E-state index in [1.807, 2.05) is 6.20 Å². The Hall–Kier alpha value is -1.67. The number of pyridine rings is 1. The summed E-state index contributed by atoms with van der Waals surface area (Å²) in [6.45, 7) is 4.89. The maximum Gasteiger partial charge on any atom is 0.0702 e. The van der Waals surface area contributed by atoms with Crippen LogP contribution in [-0.4, -0.2) is 11.5 Å². The number of aromatic nitrogens is 1. The van der Waals surface area contributed by atoms with Gasteiger partial charge in [-0.05, 0) is 50.6 Å². The summed E-state index contributed by atoms with van der Waals surface area (Å²) < 4.78 is 0. The van der Waals surface area contributed by atoms with E-state index in [4.69, 9.17) is 5.73 Å². The summed E-state index contributed by atoms with van der Waals surface area (Å²) in [5, 5.41) is 0. The molecule has 1 aromatic heterocycles. The molecule has 0 atom stereocenters. The molecule has 0 spiro atoms. The Balaban J connectivity index is 2.32. The van der Waals surface area contributed by atoms with Crippen molar-refractivity contribution in [2.24, 2.45) is 5.73 Å². The Morgan fingerprint density at radius 3 is 2.29 bits per heavy atom. The second kappa shape index (κ2) is 5.11. The molecule has 88 valence electrons. The first-order valence-corrected chi connectivity index (χ1v) is 5.93. The third-order valence-corrected chi connectivity index (χ3v) is 2.78. The van der Waals surface area contributed by atoms with Crippen LogP contribution < -0.4 is 5.73 Å². The smallest absolute Gasteiger partial charge is 0.0702 e. The van der Waals surface area contributed by atoms with Gasteiger partial charge < -0.3 is 5.73 Å². The van der Waals surface area contributed by atoms with Gasteiger partial charge in [0.25, 0.3) is 0 Å². The monoisotopic (exact) mass is 226 g/mol. The van der Waals surface area contributed by atoms with Gasteiger partial charge in [-0.15, -0.1) is 0 Å². The molecule has 0 aliphatic heterocycles. The van der Waals surface area contributed by atoms with Crippen LogP contribution in [0.2, 0.25) is 0 Å². The van der Waals surface area contributed by atoms with Crippen LogP contribution in [0.4, 0.5) is 0 Å². The third-order valence-electron chi connectivity index (χ3n) is 2.78. The normalized spacial score (nSPS) is 10.5. The molecule has 2 aromatic rings. The van der Waals surface area contributed by atoms with Crippen molar-refractivity contribution in [3.63, 3.8) is 0 Å². The van der Waals surface area contributed by atoms with E-state index in [-0.39, 0.29) is 0 Å². The average molecular weight is 226 g/mol. The molecule has 1 heterocycles. The van der Waals surface area contributed by atoms with Crippen LogP contribution in [0.25, 0.3) is 11.3 Å². The Labute approximate surface area is 103 Å². The van der Waals surface area contributed by atoms with Gasteiger partial charge in [-0.3, -0.25) is 4.98 Å². The molecule has 17 heavy (non-hydrogen) atoms. The number of benzene rings is 1. The van der Waals surface area contributed by atoms with Crippen molar-refractivity contribution in [2.75, 3.05) is 6.54 Å². The fourth-order valence-corrected chi connectivity index (χ4v) is 2.03. The van der Waals surface area contributed by atoms with Crippen molar-refractivity contribution in [2.45, 2.75) is 20.3 Å². The SMILES string of the molecule is Cc1cc(C)cc(-c2ccc(CCN)cn2)c1. The molecule has 0 radical (unpaired) electrons. The number of rotatable bonds is 3. The standard InChI is InChI=1S/C15H18N2/c1-11-7-12(2)9-14(8-11)15-4-3-13(5-6-16)10-17-15/h3-4,7-10H,5-6,16H2,1-2H3. The lowest BCUT2D eigenvalue weighted by Gasteiger charge is -2.05. The number of hydrogen-bond acceptors (Lipinski definition) is 2. The zero-order valence-electron chi connectivity index (χ0n) is 10.4. The molecule has 0 aliphatic carbocycles. The van der Waals surface area contributed by atoms with Gasteiger partial charge in [0.1, 0.15) is 0 Å². The first-order valence-electron chi connectivity index (χ1n) is 5.93. The molecular formula is C15H18N2. The summed E-state index contributed by atoms with van der Waals surface area (Å²) in [4.78, 5) is 4.49. The highest BCUT2D eigenvalue weighted by Gasteiger charge is 2.01. The summed E-state index contributed by atoms with van der Waals surface area (Å²) in [6, 6.07) is 10.7. The van der Waals surface area contributed by atoms with E-state index in [0.717, 1.165) is 12.1 Å². The largest absolute Gasteiger partial charge is 0.330 e. The van der Waals surface area contributed by atoms with Crippen LogP contribution >= 0.6 is 0 Å². The number of nitrogens with zero attached hydrogens (tertiary/aromatic N) is 1. The lowest BCUT2D eigenvalue weighted by atomic mass is 10.0. The number of aryl methyl sites for hydroxylation is 2. The van der Waals surface area contributed by atoms with E-state index in [1.54, 1.807) is 0 Å². The molecule has 1 aromatic carbocycles. The maximum atomic E-state index is 5.52. The van der Waals surface area contributed by atoms with Gasteiger partial charge in [0, 0.05) is 11.8 Å². The number of hydrogen-bond donors (Lipinski definition) is 1. The van der Waals surface area contributed by atoms with Gasteiger partial charge >= 0.3 is 0 Å². The molecular weight excluding hydrogens is 208 g/mol. The van der Waals surface area contributed by atoms with Gasteiger partial charge in [-0.1, -0.05) is 23.3 Å². The van der Waals surface area contributed by atoms with Crippen LogP contribution in [0.15, 0.2) is 36.5 Å². The van der Waals surface area contributed by atoms with E-state index in [0.29, 0.717) is 6.54 Å². The van der Waals surface area contributed by atoms with Crippen molar-refractivity contribution in [3.8, 4) is 11.3 Å². The second-order valence-electron chi connectivity index (χ2n) is 4.47. The summed E-state index contributed by atoms with van der Waals surface area (Å²) in [5.74, 6) is 0. The third kappa shape index (κ3) is 2.92. The lowest BCUT2D eigenvalue weighted by Crippen LogP contribution is -2.02. The van der Waals surface area contributed by atoms with Gasteiger partial charge in [0.2, 0.25) is 0 Å². The fraction of sp³-hybridized carbons (Fsp3) is 0.267. The minimum absolute atomic E-state index is 0.671. The average Bonchev–Trinajstić information content (AvgIpc) is 2.29. The minimum atomic E-state index is 0.671. The Bertz CT molecular complexity index is 481. The molecule has 0 bridgehead atoms. The highest BCUT2D eigenvalue weighted by molar-refractivity contribution is 5.61. The Morgan fingerprint density at radius 1 is 1.06 bits per heavy atom. The molecule has 0 amide bonds. The molecule has 0 saturated carbocycles. The molecule has 2 rings (SSSR count). The van der Waals surface area contributed by atoms with Gasteiger partial charge in [0.15, 0.2) is 0 Å². The zero-order valence-corrected chi connectivity index (χ0v) is 10.4. The van der Waals surface area contributed by atoms with Gasteiger partial charge in [0.05, 0.1) is 5.69 Å². The van der Waals surface area contributed by atoms with E-state index in [9.17, 15) is 0 Å². The first kappa shape index (κ1) is 11.8. The first-order chi connectivity index (χ1) is 8.19. The predicted molar refractivity (Wildman–Crippen MR) is 71.9 cm³/mol. The van der Waals surface area contributed by atoms with Crippen LogP contribution in [-0.2, 0) is 6.42 Å². The van der Waals surface area contributed by atoms with Crippen LogP contribution in [0.1, 0.15) is 16.7 Å². The molecule has 2 N–H and O–H groups in total. The topological polar surface area (TPSA) is 38.9 Å². The quantitative estimate of drug-likeness (QED) is 0.874. The zero-order chi connectivity index (χ0) is 12.3. The Kier molecular flexibility index (Phi) is 3.55. The molecule has 2 heteroatoms. The summed E-state index contributed by atoms with van der Waals surface area (Å²) in [5.41, 5.74) is 11.5. The van der Waals surface area contributed by atoms with E-state index < -0.39 is 0 Å². The van der Waals surface area contributed by atoms with Crippen molar-refractivity contribution in [1.82, 2.24) is 4.98 Å². The highest BCUT2D eigenvalue weighted by atomic mass is 14.7. The summed E-state index contributed by atoms with van der Waals surface area (Å²) in [6.07, 6.45) is 2.81. The highest BCUT2D eigenvalue weighted by Crippen LogP contribution is 2.20. The summed E-state index contributed by atoms with van der Waals surface area (Å²) in [7, 11) is 0. The van der Waals surface area contributed by atoms with E-state index in [2.05, 4.69) is 49.2 Å². The lowest BCUT2D eigenvalue weighted by molar-refractivity contribution is 0.959.